The Bertz CT molecular complexity index is 849. The number of methoxy groups -OCH3 is 1. The quantitative estimate of drug-likeness (QED) is 0.765. The SMILES string of the molecule is COc1ccc2[nH]c(C(=O)Nc3ccccc3C)c(C)c2c1. The molecule has 4 heteroatoms. The molecule has 22 heavy (non-hydrogen) atoms. The molecule has 4 nitrogen and oxygen atoms in total. The van der Waals surface area contributed by atoms with Gasteiger partial charge in [0.2, 0.25) is 0 Å². The predicted octanol–water partition coefficient (Wildman–Crippen LogP) is 4.05. The topological polar surface area (TPSA) is 54.1 Å². The summed E-state index contributed by atoms with van der Waals surface area (Å²) >= 11 is 0. The molecule has 1 heterocycles. The molecule has 0 aliphatic rings. The van der Waals surface area contributed by atoms with Crippen molar-refractivity contribution in [2.45, 2.75) is 13.8 Å². The molecule has 2 aromatic carbocycles. The highest BCUT2D eigenvalue weighted by Gasteiger charge is 2.15. The van der Waals surface area contributed by atoms with E-state index in [9.17, 15) is 4.79 Å². The van der Waals surface area contributed by atoms with Crippen LogP contribution in [0.4, 0.5) is 5.69 Å². The molecule has 0 aliphatic heterocycles. The lowest BCUT2D eigenvalue weighted by Gasteiger charge is -2.07. The molecule has 3 aromatic rings. The van der Waals surface area contributed by atoms with Crippen LogP contribution >= 0.6 is 0 Å². The van der Waals surface area contributed by atoms with E-state index in [1.54, 1.807) is 7.11 Å². The van der Waals surface area contributed by atoms with Gasteiger partial charge >= 0.3 is 0 Å². The zero-order valence-corrected chi connectivity index (χ0v) is 12.9. The van der Waals surface area contributed by atoms with Crippen LogP contribution in [0.5, 0.6) is 5.75 Å². The second-order valence-corrected chi connectivity index (χ2v) is 5.31. The Balaban J connectivity index is 1.97. The van der Waals surface area contributed by atoms with Crippen LogP contribution in [0.25, 0.3) is 10.9 Å². The summed E-state index contributed by atoms with van der Waals surface area (Å²) in [5.41, 5.74) is 4.27. The van der Waals surface area contributed by atoms with Gasteiger partial charge in [-0.05, 0) is 49.2 Å². The molecule has 0 fully saturated rings. The van der Waals surface area contributed by atoms with E-state index in [0.717, 1.165) is 33.5 Å². The lowest BCUT2D eigenvalue weighted by molar-refractivity contribution is 0.102. The number of aryl methyl sites for hydroxylation is 2. The summed E-state index contributed by atoms with van der Waals surface area (Å²) in [6.45, 7) is 3.91. The molecular formula is C18H18N2O2. The van der Waals surface area contributed by atoms with Crippen LogP contribution in [0.1, 0.15) is 21.6 Å². The summed E-state index contributed by atoms with van der Waals surface area (Å²) in [6, 6.07) is 13.5. The number of nitrogens with one attached hydrogen (secondary N) is 2. The van der Waals surface area contributed by atoms with Crippen molar-refractivity contribution in [3.8, 4) is 5.75 Å². The summed E-state index contributed by atoms with van der Waals surface area (Å²) < 4.78 is 5.24. The Morgan fingerprint density at radius 3 is 2.64 bits per heavy atom. The number of aromatic amines is 1. The Morgan fingerprint density at radius 1 is 1.14 bits per heavy atom. The molecular weight excluding hydrogens is 276 g/mol. The Labute approximate surface area is 129 Å². The molecule has 1 aromatic heterocycles. The summed E-state index contributed by atoms with van der Waals surface area (Å²) in [5.74, 6) is 0.641. The largest absolute Gasteiger partial charge is 0.497 e. The Kier molecular flexibility index (Phi) is 3.59. The molecule has 1 amide bonds. The van der Waals surface area contributed by atoms with Crippen molar-refractivity contribution in [1.29, 1.82) is 0 Å². The van der Waals surface area contributed by atoms with Crippen molar-refractivity contribution in [1.82, 2.24) is 4.98 Å². The first-order chi connectivity index (χ1) is 10.6. The smallest absolute Gasteiger partial charge is 0.272 e. The molecule has 0 spiro atoms. The fourth-order valence-electron chi connectivity index (χ4n) is 2.56. The van der Waals surface area contributed by atoms with Crippen molar-refractivity contribution in [2.24, 2.45) is 0 Å². The van der Waals surface area contributed by atoms with Crippen LogP contribution < -0.4 is 10.1 Å². The molecule has 0 bridgehead atoms. The molecule has 0 unspecified atom stereocenters. The van der Waals surface area contributed by atoms with E-state index >= 15 is 0 Å². The van der Waals surface area contributed by atoms with E-state index in [1.807, 2.05) is 56.3 Å². The number of benzene rings is 2. The third-order valence-electron chi connectivity index (χ3n) is 3.89. The van der Waals surface area contributed by atoms with Crippen molar-refractivity contribution in [3.63, 3.8) is 0 Å². The van der Waals surface area contributed by atoms with Gasteiger partial charge in [0.1, 0.15) is 11.4 Å². The Morgan fingerprint density at radius 2 is 1.91 bits per heavy atom. The fraction of sp³-hybridized carbons (Fsp3) is 0.167. The summed E-state index contributed by atoms with van der Waals surface area (Å²) in [4.78, 5) is 15.7. The monoisotopic (exact) mass is 294 g/mol. The van der Waals surface area contributed by atoms with E-state index in [2.05, 4.69) is 10.3 Å². The molecule has 112 valence electrons. The second-order valence-electron chi connectivity index (χ2n) is 5.31. The van der Waals surface area contributed by atoms with Crippen LogP contribution in [-0.4, -0.2) is 18.0 Å². The van der Waals surface area contributed by atoms with Gasteiger partial charge in [-0.3, -0.25) is 4.79 Å². The van der Waals surface area contributed by atoms with Gasteiger partial charge < -0.3 is 15.0 Å². The number of fused-ring (bicyclic) bond motifs is 1. The lowest BCUT2D eigenvalue weighted by Crippen LogP contribution is -2.14. The van der Waals surface area contributed by atoms with Gasteiger partial charge in [0, 0.05) is 16.6 Å². The highest BCUT2D eigenvalue weighted by molar-refractivity contribution is 6.08. The Hall–Kier alpha value is -2.75. The summed E-state index contributed by atoms with van der Waals surface area (Å²) in [6.07, 6.45) is 0. The number of carbonyl (C=O) groups excluding carboxylic acids is 1. The second kappa shape index (κ2) is 5.56. The molecule has 3 rings (SSSR count). The maximum Gasteiger partial charge on any atom is 0.272 e. The minimum absolute atomic E-state index is 0.137. The zero-order valence-electron chi connectivity index (χ0n) is 12.9. The number of hydrogen-bond acceptors (Lipinski definition) is 2. The number of hydrogen-bond donors (Lipinski definition) is 2. The van der Waals surface area contributed by atoms with Gasteiger partial charge in [-0.2, -0.15) is 0 Å². The predicted molar refractivity (Wildman–Crippen MR) is 88.7 cm³/mol. The van der Waals surface area contributed by atoms with E-state index in [-0.39, 0.29) is 5.91 Å². The third-order valence-corrected chi connectivity index (χ3v) is 3.89. The third kappa shape index (κ3) is 2.44. The lowest BCUT2D eigenvalue weighted by atomic mass is 10.1. The van der Waals surface area contributed by atoms with Gasteiger partial charge in [0.05, 0.1) is 7.11 Å². The van der Waals surface area contributed by atoms with Crippen LogP contribution in [-0.2, 0) is 0 Å². The van der Waals surface area contributed by atoms with Crippen molar-refractivity contribution < 1.29 is 9.53 Å². The molecule has 0 radical (unpaired) electrons. The van der Waals surface area contributed by atoms with E-state index in [0.29, 0.717) is 5.69 Å². The van der Waals surface area contributed by atoms with Crippen molar-refractivity contribution >= 4 is 22.5 Å². The number of H-pyrrole nitrogens is 1. The van der Waals surface area contributed by atoms with E-state index in [1.165, 1.54) is 0 Å². The van der Waals surface area contributed by atoms with Gasteiger partial charge in [-0.25, -0.2) is 0 Å². The summed E-state index contributed by atoms with van der Waals surface area (Å²) in [7, 11) is 1.63. The van der Waals surface area contributed by atoms with Gasteiger partial charge in [0.25, 0.3) is 5.91 Å². The zero-order chi connectivity index (χ0) is 15.7. The first-order valence-electron chi connectivity index (χ1n) is 7.13. The number of rotatable bonds is 3. The molecule has 0 saturated carbocycles. The van der Waals surface area contributed by atoms with Crippen LogP contribution in [0, 0.1) is 13.8 Å². The van der Waals surface area contributed by atoms with Crippen molar-refractivity contribution in [3.05, 3.63) is 59.3 Å². The number of amides is 1. The minimum Gasteiger partial charge on any atom is -0.497 e. The van der Waals surface area contributed by atoms with E-state index < -0.39 is 0 Å². The molecule has 0 saturated heterocycles. The molecule has 0 aliphatic carbocycles. The van der Waals surface area contributed by atoms with Crippen LogP contribution in [0.15, 0.2) is 42.5 Å². The van der Waals surface area contributed by atoms with E-state index in [4.69, 9.17) is 4.74 Å². The van der Waals surface area contributed by atoms with Gasteiger partial charge in [0.15, 0.2) is 0 Å². The number of para-hydroxylation sites is 1. The number of anilines is 1. The van der Waals surface area contributed by atoms with Gasteiger partial charge in [-0.1, -0.05) is 18.2 Å². The number of carbonyl (C=O) groups is 1. The average Bonchev–Trinajstić information content (AvgIpc) is 2.86. The number of ether oxygens (including phenoxy) is 1. The highest BCUT2D eigenvalue weighted by atomic mass is 16.5. The normalized spacial score (nSPS) is 10.7. The van der Waals surface area contributed by atoms with Crippen LogP contribution in [0.2, 0.25) is 0 Å². The standard InChI is InChI=1S/C18H18N2O2/c1-11-6-4-5-7-15(11)20-18(21)17-12(2)14-10-13(22-3)8-9-16(14)19-17/h4-10,19H,1-3H3,(H,20,21). The average molecular weight is 294 g/mol. The molecule has 2 N–H and O–H groups in total. The van der Waals surface area contributed by atoms with Crippen molar-refractivity contribution in [2.75, 3.05) is 12.4 Å². The summed E-state index contributed by atoms with van der Waals surface area (Å²) in [5, 5.41) is 3.95. The first-order valence-corrected chi connectivity index (χ1v) is 7.13. The maximum atomic E-state index is 12.5. The van der Waals surface area contributed by atoms with Gasteiger partial charge in [-0.15, -0.1) is 0 Å². The number of aromatic nitrogens is 1. The molecule has 0 atom stereocenters. The van der Waals surface area contributed by atoms with Crippen LogP contribution in [0.3, 0.4) is 0 Å². The minimum atomic E-state index is -0.137. The maximum absolute atomic E-state index is 12.5. The first kappa shape index (κ1) is 14.2. The fourth-order valence-corrected chi connectivity index (χ4v) is 2.56. The highest BCUT2D eigenvalue weighted by Crippen LogP contribution is 2.26.